The van der Waals surface area contributed by atoms with Gasteiger partial charge in [-0.3, -0.25) is 9.59 Å². The van der Waals surface area contributed by atoms with Crippen LogP contribution in [0.3, 0.4) is 0 Å². The fourth-order valence-corrected chi connectivity index (χ4v) is 5.10. The van der Waals surface area contributed by atoms with E-state index < -0.39 is 10.1 Å². The van der Waals surface area contributed by atoms with Gasteiger partial charge in [-0.05, 0) is 59.8 Å². The molecular weight excluding hydrogens is 496 g/mol. The van der Waals surface area contributed by atoms with E-state index in [1.807, 2.05) is 25.3 Å². The molecule has 2 aromatic carbocycles. The third-order valence-corrected chi connectivity index (χ3v) is 6.99. The van der Waals surface area contributed by atoms with Gasteiger partial charge in [0.15, 0.2) is 0 Å². The highest BCUT2D eigenvalue weighted by Gasteiger charge is 2.23. The second kappa shape index (κ2) is 11.0. The summed E-state index contributed by atoms with van der Waals surface area (Å²) in [5.74, 6) is -0.131. The molecule has 0 spiro atoms. The number of hydrogen-bond acceptors (Lipinski definition) is 6. The SMILES string of the molecule is CC(=O)Nc1ccc(S(=O)(=O)Oc2ccc(Cl)cc2CN(CC(C)C)C(=O)c2cccs2)cc1. The average Bonchev–Trinajstić information content (AvgIpc) is 3.29. The van der Waals surface area contributed by atoms with Gasteiger partial charge < -0.3 is 14.4 Å². The van der Waals surface area contributed by atoms with E-state index in [4.69, 9.17) is 15.8 Å². The van der Waals surface area contributed by atoms with E-state index in [2.05, 4.69) is 5.32 Å². The Balaban J connectivity index is 1.88. The van der Waals surface area contributed by atoms with Crippen molar-refractivity contribution in [2.24, 2.45) is 5.92 Å². The molecule has 10 heteroatoms. The van der Waals surface area contributed by atoms with Crippen molar-refractivity contribution in [2.75, 3.05) is 11.9 Å². The Hall–Kier alpha value is -2.88. The molecule has 1 aromatic heterocycles. The first-order chi connectivity index (χ1) is 16.0. The predicted octanol–water partition coefficient (Wildman–Crippen LogP) is 5.43. The second-order valence-corrected chi connectivity index (χ2v) is 11.0. The van der Waals surface area contributed by atoms with Crippen LogP contribution in [0.25, 0.3) is 0 Å². The van der Waals surface area contributed by atoms with Crippen LogP contribution in [-0.4, -0.2) is 31.7 Å². The van der Waals surface area contributed by atoms with Gasteiger partial charge in [0, 0.05) is 36.3 Å². The molecule has 0 unspecified atom stereocenters. The Labute approximate surface area is 208 Å². The molecule has 0 bridgehead atoms. The van der Waals surface area contributed by atoms with Crippen LogP contribution in [0.4, 0.5) is 5.69 Å². The number of benzene rings is 2. The van der Waals surface area contributed by atoms with E-state index in [0.29, 0.717) is 27.7 Å². The lowest BCUT2D eigenvalue weighted by molar-refractivity contribution is -0.114. The standard InChI is InChI=1S/C24H25ClN2O5S2/c1-16(2)14-27(24(29)23-5-4-12-33-23)15-18-13-19(25)6-11-22(18)32-34(30,31)21-9-7-20(8-10-21)26-17(3)28/h4-13,16H,14-15H2,1-3H3,(H,26,28). The highest BCUT2D eigenvalue weighted by Crippen LogP contribution is 2.29. The van der Waals surface area contributed by atoms with Gasteiger partial charge >= 0.3 is 10.1 Å². The van der Waals surface area contributed by atoms with Crippen molar-refractivity contribution in [3.8, 4) is 5.75 Å². The molecule has 0 fully saturated rings. The Morgan fingerprint density at radius 2 is 1.82 bits per heavy atom. The summed E-state index contributed by atoms with van der Waals surface area (Å²) in [6.45, 7) is 5.96. The quantitative estimate of drug-likeness (QED) is 0.380. The van der Waals surface area contributed by atoms with Crippen LogP contribution in [0.2, 0.25) is 5.02 Å². The Morgan fingerprint density at radius 3 is 2.41 bits per heavy atom. The van der Waals surface area contributed by atoms with Crippen LogP contribution in [0.1, 0.15) is 36.0 Å². The molecule has 7 nitrogen and oxygen atoms in total. The topological polar surface area (TPSA) is 92.8 Å². The zero-order chi connectivity index (χ0) is 24.9. The normalized spacial score (nSPS) is 11.3. The van der Waals surface area contributed by atoms with Gasteiger partial charge in [0.1, 0.15) is 10.6 Å². The van der Waals surface area contributed by atoms with Crippen LogP contribution in [-0.2, 0) is 21.5 Å². The van der Waals surface area contributed by atoms with Crippen LogP contribution in [0.15, 0.2) is 64.9 Å². The van der Waals surface area contributed by atoms with Crippen molar-refractivity contribution in [2.45, 2.75) is 32.2 Å². The molecule has 1 heterocycles. The zero-order valence-electron chi connectivity index (χ0n) is 18.9. The fraction of sp³-hybridized carbons (Fsp3) is 0.250. The number of nitrogens with zero attached hydrogens (tertiary/aromatic N) is 1. The van der Waals surface area contributed by atoms with Crippen LogP contribution < -0.4 is 9.50 Å². The van der Waals surface area contributed by atoms with Crippen molar-refractivity contribution in [1.29, 1.82) is 0 Å². The molecule has 180 valence electrons. The summed E-state index contributed by atoms with van der Waals surface area (Å²) in [4.78, 5) is 26.4. The molecule has 0 atom stereocenters. The van der Waals surface area contributed by atoms with Crippen LogP contribution in [0, 0.1) is 5.92 Å². The largest absolute Gasteiger partial charge is 0.379 e. The predicted molar refractivity (Wildman–Crippen MR) is 134 cm³/mol. The Kier molecular flexibility index (Phi) is 8.35. The minimum atomic E-state index is -4.17. The van der Waals surface area contributed by atoms with Crippen LogP contribution in [0.5, 0.6) is 5.75 Å². The molecule has 1 N–H and O–H groups in total. The molecular formula is C24H25ClN2O5S2. The average molecular weight is 521 g/mol. The van der Waals surface area contributed by atoms with E-state index in [1.165, 1.54) is 54.7 Å². The Morgan fingerprint density at radius 1 is 1.12 bits per heavy atom. The zero-order valence-corrected chi connectivity index (χ0v) is 21.3. The molecule has 0 aliphatic heterocycles. The Bertz CT molecular complexity index is 1260. The van der Waals surface area contributed by atoms with Gasteiger partial charge in [-0.1, -0.05) is 31.5 Å². The minimum absolute atomic E-state index is 0.0730. The number of rotatable bonds is 9. The number of amides is 2. The van der Waals surface area contributed by atoms with E-state index >= 15 is 0 Å². The summed E-state index contributed by atoms with van der Waals surface area (Å²) in [6, 6.07) is 13.8. The van der Waals surface area contributed by atoms with E-state index in [9.17, 15) is 18.0 Å². The maximum atomic E-state index is 13.1. The number of carbonyl (C=O) groups is 2. The highest BCUT2D eigenvalue weighted by molar-refractivity contribution is 7.87. The second-order valence-electron chi connectivity index (χ2n) is 8.05. The summed E-state index contributed by atoms with van der Waals surface area (Å²) in [7, 11) is -4.17. The van der Waals surface area contributed by atoms with Crippen molar-refractivity contribution in [1.82, 2.24) is 4.90 Å². The lowest BCUT2D eigenvalue weighted by atomic mass is 10.1. The summed E-state index contributed by atoms with van der Waals surface area (Å²) >= 11 is 7.54. The third-order valence-electron chi connectivity index (χ3n) is 4.65. The van der Waals surface area contributed by atoms with Gasteiger partial charge in [-0.2, -0.15) is 8.42 Å². The molecule has 34 heavy (non-hydrogen) atoms. The summed E-state index contributed by atoms with van der Waals surface area (Å²) in [5, 5.41) is 4.81. The van der Waals surface area contributed by atoms with Gasteiger partial charge in [-0.15, -0.1) is 11.3 Å². The lowest BCUT2D eigenvalue weighted by Gasteiger charge is -2.25. The van der Waals surface area contributed by atoms with Crippen molar-refractivity contribution < 1.29 is 22.2 Å². The third kappa shape index (κ3) is 6.82. The van der Waals surface area contributed by atoms with E-state index in [-0.39, 0.29) is 34.9 Å². The lowest BCUT2D eigenvalue weighted by Crippen LogP contribution is -2.33. The summed E-state index contributed by atoms with van der Waals surface area (Å²) in [5.41, 5.74) is 0.937. The number of carbonyl (C=O) groups excluding carboxylic acids is 2. The molecule has 0 aliphatic carbocycles. The number of halogens is 1. The van der Waals surface area contributed by atoms with Gasteiger partial charge in [0.05, 0.1) is 4.88 Å². The molecule has 0 saturated heterocycles. The molecule has 0 radical (unpaired) electrons. The smallest absolute Gasteiger partial charge is 0.339 e. The monoisotopic (exact) mass is 520 g/mol. The molecule has 2 amide bonds. The minimum Gasteiger partial charge on any atom is -0.379 e. The number of thiophene rings is 1. The summed E-state index contributed by atoms with van der Waals surface area (Å²) in [6.07, 6.45) is 0. The molecule has 3 rings (SSSR count). The van der Waals surface area contributed by atoms with Gasteiger partial charge in [0.25, 0.3) is 5.91 Å². The number of hydrogen-bond donors (Lipinski definition) is 1. The van der Waals surface area contributed by atoms with Gasteiger partial charge in [-0.25, -0.2) is 0 Å². The molecule has 0 aliphatic rings. The number of anilines is 1. The van der Waals surface area contributed by atoms with E-state index in [0.717, 1.165) is 0 Å². The van der Waals surface area contributed by atoms with Gasteiger partial charge in [0.2, 0.25) is 5.91 Å². The maximum absolute atomic E-state index is 13.1. The number of nitrogens with one attached hydrogen (secondary N) is 1. The van der Waals surface area contributed by atoms with Crippen LogP contribution >= 0.6 is 22.9 Å². The van der Waals surface area contributed by atoms with Crippen molar-refractivity contribution in [3.63, 3.8) is 0 Å². The maximum Gasteiger partial charge on any atom is 0.339 e. The first-order valence-electron chi connectivity index (χ1n) is 10.5. The van der Waals surface area contributed by atoms with Crippen molar-refractivity contribution >= 4 is 50.6 Å². The molecule has 0 saturated carbocycles. The fourth-order valence-electron chi connectivity index (χ4n) is 3.25. The van der Waals surface area contributed by atoms with Crippen molar-refractivity contribution in [3.05, 3.63) is 75.4 Å². The highest BCUT2D eigenvalue weighted by atomic mass is 35.5. The van der Waals surface area contributed by atoms with E-state index in [1.54, 1.807) is 17.0 Å². The first-order valence-corrected chi connectivity index (χ1v) is 13.1. The summed E-state index contributed by atoms with van der Waals surface area (Å²) < 4.78 is 31.3. The molecule has 3 aromatic rings. The first kappa shape index (κ1) is 25.7.